The maximum Gasteiger partial charge on any atom is 2.00 e. The van der Waals surface area contributed by atoms with Crippen LogP contribution < -0.4 is 42.5 Å². The molecule has 0 aliphatic carbocycles. The number of carboxylic acids is 1. The number of hydrogen-bond acceptors (Lipinski definition) is 9. The maximum atomic E-state index is 12.7. The molecule has 4 unspecified atom stereocenters. The molecular weight excluding hydrogens is 995 g/mol. The molecule has 0 spiro atoms. The van der Waals surface area contributed by atoms with Crippen LogP contribution in [0.3, 0.4) is 0 Å². The van der Waals surface area contributed by atoms with Gasteiger partial charge in [0, 0.05) is 0 Å². The molecule has 71 heavy (non-hydrogen) atoms. The van der Waals surface area contributed by atoms with Crippen LogP contribution in [0.25, 0.3) is 0 Å². The Bertz CT molecular complexity index is 2230. The molecule has 0 bridgehead atoms. The third-order valence-electron chi connectivity index (χ3n) is 8.51. The zero-order valence-corrected chi connectivity index (χ0v) is 42.2. The molecule has 0 amide bonds. The molecular formula is C44H42F12Li2Mg2O11. The minimum Gasteiger partial charge on any atom is -1.00 e. The Hall–Kier alpha value is -3.46. The SMILES string of the molecule is CC(O)(c1c[c-]c[c-]c1)C(F)(F)F.CC(O)(c1cc(OC=O)cc(C(=O)O)c1)C(F)(F)F.Cc1cc(C)cc(C(C)(O)C(F)(F)F)c1.O=C=O.[C-]#[O+].[CH2-]c1c[c-]cc(C(C)(O)C(F)(F)F)c1.[CH3-].[H-].[Li+].[Li+].[Mg+2].[Mg+2]. The fourth-order valence-corrected chi connectivity index (χ4v) is 4.47. The van der Waals surface area contributed by atoms with Crippen molar-refractivity contribution in [3.05, 3.63) is 157 Å². The number of hydrogen-bond donors (Lipinski definition) is 5. The average molecular weight is 1040 g/mol. The van der Waals surface area contributed by atoms with E-state index in [0.717, 1.165) is 37.3 Å². The summed E-state index contributed by atoms with van der Waals surface area (Å²) in [5.74, 6) is -1.93. The molecule has 0 radical (unpaired) electrons. The van der Waals surface area contributed by atoms with E-state index in [1.165, 1.54) is 30.3 Å². The molecule has 0 aliphatic rings. The van der Waals surface area contributed by atoms with Gasteiger partial charge in [0.25, 0.3) is 6.47 Å². The quantitative estimate of drug-likeness (QED) is 0.0603. The van der Waals surface area contributed by atoms with E-state index in [4.69, 9.17) is 24.5 Å². The van der Waals surface area contributed by atoms with E-state index in [2.05, 4.69) is 36.5 Å². The van der Waals surface area contributed by atoms with Gasteiger partial charge in [-0.05, 0) is 70.9 Å². The summed E-state index contributed by atoms with van der Waals surface area (Å²) in [4.78, 5) is 37.2. The number of carbonyl (C=O) groups excluding carboxylic acids is 3. The van der Waals surface area contributed by atoms with Crippen molar-refractivity contribution in [1.29, 1.82) is 0 Å². The molecule has 4 aromatic carbocycles. The van der Waals surface area contributed by atoms with Crippen molar-refractivity contribution in [3.8, 4) is 5.75 Å². The van der Waals surface area contributed by atoms with Crippen LogP contribution in [0.4, 0.5) is 52.7 Å². The number of alkyl halides is 12. The van der Waals surface area contributed by atoms with Gasteiger partial charge in [0.15, 0.2) is 11.2 Å². The number of benzene rings is 4. The van der Waals surface area contributed by atoms with Crippen LogP contribution >= 0.6 is 0 Å². The van der Waals surface area contributed by atoms with Gasteiger partial charge in [-0.25, -0.2) is 10.4 Å². The van der Waals surface area contributed by atoms with Crippen molar-refractivity contribution in [3.63, 3.8) is 0 Å². The van der Waals surface area contributed by atoms with E-state index in [-0.39, 0.29) is 122 Å². The first kappa shape index (κ1) is 81.6. The summed E-state index contributed by atoms with van der Waals surface area (Å²) in [5, 5.41) is 46.1. The molecule has 0 saturated carbocycles. The average Bonchev–Trinajstić information content (AvgIpc) is 3.18. The zero-order chi connectivity index (χ0) is 52.5. The normalized spacial score (nSPS) is 13.7. The van der Waals surface area contributed by atoms with Crippen molar-refractivity contribution in [2.24, 2.45) is 0 Å². The summed E-state index contributed by atoms with van der Waals surface area (Å²) in [5.41, 5.74) is -11.9. The molecule has 4 aromatic rings. The van der Waals surface area contributed by atoms with Crippen molar-refractivity contribution < 1.29 is 146 Å². The maximum absolute atomic E-state index is 12.7. The van der Waals surface area contributed by atoms with Crippen molar-refractivity contribution in [1.82, 2.24) is 0 Å². The topological polar surface area (TPSA) is 199 Å². The molecule has 374 valence electrons. The molecule has 4 atom stereocenters. The van der Waals surface area contributed by atoms with Crippen LogP contribution in [0.1, 0.15) is 78.4 Å². The Morgan fingerprint density at radius 2 is 0.944 bits per heavy atom. The first-order chi connectivity index (χ1) is 29.8. The van der Waals surface area contributed by atoms with Gasteiger partial charge in [-0.3, -0.25) is 42.1 Å². The summed E-state index contributed by atoms with van der Waals surface area (Å²) in [7, 11) is 0. The number of ether oxygens (including phenoxy) is 1. The van der Waals surface area contributed by atoms with Gasteiger partial charge in [0.2, 0.25) is 0 Å². The fourth-order valence-electron chi connectivity index (χ4n) is 4.47. The summed E-state index contributed by atoms with van der Waals surface area (Å²) in [6.45, 7) is 13.9. The number of rotatable bonds is 7. The van der Waals surface area contributed by atoms with Crippen LogP contribution in [-0.2, 0) is 41.4 Å². The van der Waals surface area contributed by atoms with Gasteiger partial charge in [0.1, 0.15) is 11.4 Å². The monoisotopic (exact) mass is 1040 g/mol. The third-order valence-corrected chi connectivity index (χ3v) is 8.51. The molecule has 4 rings (SSSR count). The van der Waals surface area contributed by atoms with Crippen molar-refractivity contribution in [2.75, 3.05) is 0 Å². The first-order valence-electron chi connectivity index (χ1n) is 17.4. The molecule has 5 N–H and O–H groups in total. The zero-order valence-electron chi connectivity index (χ0n) is 40.3. The Morgan fingerprint density at radius 1 is 0.620 bits per heavy atom. The van der Waals surface area contributed by atoms with E-state index in [1.807, 2.05) is 0 Å². The minimum atomic E-state index is -5.01. The fraction of sp³-hybridized carbons (Fsp3) is 0.318. The first-order valence-corrected chi connectivity index (χ1v) is 17.4. The molecule has 0 saturated heterocycles. The Morgan fingerprint density at radius 3 is 1.27 bits per heavy atom. The van der Waals surface area contributed by atoms with Gasteiger partial charge in [-0.15, -0.1) is 0 Å². The van der Waals surface area contributed by atoms with Crippen LogP contribution in [0, 0.1) is 53.0 Å². The molecule has 0 aromatic heterocycles. The Kier molecular flexibility index (Phi) is 38.4. The van der Waals surface area contributed by atoms with E-state index >= 15 is 0 Å². The van der Waals surface area contributed by atoms with Crippen LogP contribution in [0.2, 0.25) is 0 Å². The molecule has 11 nitrogen and oxygen atoms in total. The van der Waals surface area contributed by atoms with Crippen LogP contribution in [0.5, 0.6) is 5.75 Å². The summed E-state index contributed by atoms with van der Waals surface area (Å²) in [6.07, 6.45) is -18.8. The van der Waals surface area contributed by atoms with E-state index in [9.17, 15) is 77.6 Å². The number of aromatic carboxylic acids is 1. The number of halogens is 12. The van der Waals surface area contributed by atoms with Crippen molar-refractivity contribution in [2.45, 2.75) is 88.7 Å². The second kappa shape index (κ2) is 33.4. The predicted molar refractivity (Wildman–Crippen MR) is 220 cm³/mol. The van der Waals surface area contributed by atoms with Gasteiger partial charge < -0.3 is 62.9 Å². The molecule has 0 fully saturated rings. The van der Waals surface area contributed by atoms with Crippen LogP contribution in [0.15, 0.2) is 72.8 Å². The Balaban J connectivity index is -0.000000120. The van der Waals surface area contributed by atoms with Gasteiger partial charge in [-0.1, -0.05) is 29.3 Å². The summed E-state index contributed by atoms with van der Waals surface area (Å²) >= 11 is 0. The van der Waals surface area contributed by atoms with Gasteiger partial charge in [0.05, 0.1) is 11.2 Å². The second-order valence-corrected chi connectivity index (χ2v) is 13.9. The Labute approximate surface area is 458 Å². The van der Waals surface area contributed by atoms with Gasteiger partial charge >= 0.3 is 132 Å². The van der Waals surface area contributed by atoms with Crippen molar-refractivity contribution >= 4 is 64.7 Å². The smallest absolute Gasteiger partial charge is 1.00 e. The number of carbonyl (C=O) groups is 2. The summed E-state index contributed by atoms with van der Waals surface area (Å²) < 4.78 is 161. The molecule has 0 aliphatic heterocycles. The van der Waals surface area contributed by atoms with E-state index in [0.29, 0.717) is 43.5 Å². The standard InChI is InChI=1S/C11H9F3O5.C11H13F3O.C10H9F3O.C9H7F3O.CO2.CO.CH3.2Li.2Mg.H/c1-10(18,11(12,13)14)7-2-6(9(16)17)3-8(4-7)19-5-15;1-7-4-8(2)6-9(5-7)10(3,15)11(12,13)14;1-7-4-3-5-8(6-7)9(2,14)10(11,12)13;1-8(13,9(10,11)12)7-5-3-2-4-6-7;2-1-3;1-2;;;;;;/h2-5,18H,1H3,(H,16,17);4-6,15H,1-3H3;4-6,14H,1H2,2H3;2,5-6,13H,1H3;;;1H3;;;;;/q;;2*-2;;;-1;2*+1;2*+2;-1. The number of aliphatic hydroxyl groups is 4. The largest absolute Gasteiger partial charge is 2.00 e. The van der Waals surface area contributed by atoms with E-state index < -0.39 is 70.0 Å². The summed E-state index contributed by atoms with van der Waals surface area (Å²) in [6, 6.07) is 21.3. The number of aryl methyl sites for hydroxylation is 2. The predicted octanol–water partition coefficient (Wildman–Crippen LogP) is 2.45. The molecule has 27 heteroatoms. The van der Waals surface area contributed by atoms with Gasteiger partial charge in [-0.2, -0.15) is 73.9 Å². The molecule has 0 heterocycles. The minimum absolute atomic E-state index is 0. The van der Waals surface area contributed by atoms with E-state index in [1.54, 1.807) is 19.9 Å². The second-order valence-electron chi connectivity index (χ2n) is 13.9. The third kappa shape index (κ3) is 24.9. The number of carboxylic acid groups (broad SMARTS) is 1. The van der Waals surface area contributed by atoms with Crippen LogP contribution in [-0.4, -0.2) is 115 Å².